The molecule has 0 aliphatic heterocycles. The van der Waals surface area contributed by atoms with E-state index >= 15 is 0 Å². The molecule has 0 unspecified atom stereocenters. The molecular formula is C42H26. The highest BCUT2D eigenvalue weighted by molar-refractivity contribution is 6.32. The third-order valence-corrected chi connectivity index (χ3v) is 9.01. The van der Waals surface area contributed by atoms with E-state index in [1.165, 1.54) is 86.9 Å². The highest BCUT2D eigenvalue weighted by Gasteiger charge is 2.18. The van der Waals surface area contributed by atoms with Gasteiger partial charge in [-0.25, -0.2) is 0 Å². The van der Waals surface area contributed by atoms with Gasteiger partial charge in [-0.3, -0.25) is 0 Å². The van der Waals surface area contributed by atoms with Crippen molar-refractivity contribution < 1.29 is 0 Å². The first kappa shape index (κ1) is 23.3. The Morgan fingerprint density at radius 1 is 0.214 bits per heavy atom. The molecule has 0 amide bonds. The van der Waals surface area contributed by atoms with E-state index in [1.54, 1.807) is 0 Å². The molecule has 0 aliphatic carbocycles. The second-order valence-corrected chi connectivity index (χ2v) is 11.3. The maximum absolute atomic E-state index is 2.39. The summed E-state index contributed by atoms with van der Waals surface area (Å²) in [7, 11) is 0. The van der Waals surface area contributed by atoms with Crippen LogP contribution in [-0.4, -0.2) is 0 Å². The van der Waals surface area contributed by atoms with Crippen LogP contribution in [0.1, 0.15) is 0 Å². The Bertz CT molecular complexity index is 2330. The van der Waals surface area contributed by atoms with Gasteiger partial charge in [0.25, 0.3) is 0 Å². The topological polar surface area (TPSA) is 0 Å². The maximum atomic E-state index is 2.39. The fraction of sp³-hybridized carbons (Fsp3) is 0. The molecule has 0 spiro atoms. The zero-order valence-corrected chi connectivity index (χ0v) is 23.0. The van der Waals surface area contributed by atoms with Crippen LogP contribution in [0.2, 0.25) is 0 Å². The van der Waals surface area contributed by atoms with E-state index in [4.69, 9.17) is 0 Å². The molecule has 0 atom stereocenters. The zero-order valence-electron chi connectivity index (χ0n) is 23.0. The quantitative estimate of drug-likeness (QED) is 0.195. The van der Waals surface area contributed by atoms with Crippen LogP contribution in [0.3, 0.4) is 0 Å². The first-order valence-electron chi connectivity index (χ1n) is 14.6. The summed E-state index contributed by atoms with van der Waals surface area (Å²) >= 11 is 0. The van der Waals surface area contributed by atoms with Crippen molar-refractivity contribution in [2.24, 2.45) is 0 Å². The predicted molar refractivity (Wildman–Crippen MR) is 182 cm³/mol. The third kappa shape index (κ3) is 3.36. The number of fused-ring (bicyclic) bond motifs is 9. The molecule has 0 nitrogen and oxygen atoms in total. The number of hydrogen-bond acceptors (Lipinski definition) is 0. The largest absolute Gasteiger partial charge is 0.0616 e. The smallest absolute Gasteiger partial charge is 0.00141 e. The lowest BCUT2D eigenvalue weighted by molar-refractivity contribution is 1.70. The van der Waals surface area contributed by atoms with Gasteiger partial charge >= 0.3 is 0 Å². The van der Waals surface area contributed by atoms with Crippen LogP contribution >= 0.6 is 0 Å². The van der Waals surface area contributed by atoms with Crippen LogP contribution in [0.25, 0.3) is 86.9 Å². The minimum Gasteiger partial charge on any atom is -0.0616 e. The van der Waals surface area contributed by atoms with E-state index < -0.39 is 0 Å². The standard InChI is InChI=1S/C42H26/c1-5-17-31-27(11-1)15-9-21-35(31)39-25-29-13-3-7-19-33(29)41-37(39)23-24-38-40(26-30-14-4-8-20-34(30)42(38)41)36-22-10-16-28-12-2-6-18-32(28)36/h1-26H. The summed E-state index contributed by atoms with van der Waals surface area (Å²) in [5, 5.41) is 15.4. The van der Waals surface area contributed by atoms with Gasteiger partial charge in [-0.15, -0.1) is 0 Å². The fourth-order valence-electron chi connectivity index (χ4n) is 7.14. The molecule has 9 rings (SSSR count). The summed E-state index contributed by atoms with van der Waals surface area (Å²) in [6.45, 7) is 0. The van der Waals surface area contributed by atoms with Gasteiger partial charge in [0.15, 0.2) is 0 Å². The van der Waals surface area contributed by atoms with Gasteiger partial charge in [-0.2, -0.15) is 0 Å². The average Bonchev–Trinajstić information content (AvgIpc) is 3.06. The molecule has 0 saturated heterocycles. The van der Waals surface area contributed by atoms with Crippen molar-refractivity contribution in [3.8, 4) is 22.3 Å². The highest BCUT2D eigenvalue weighted by Crippen LogP contribution is 2.46. The SMILES string of the molecule is c1ccc2c(-c3cc4ccccc4c4c3ccc3c(-c5cccc6ccccc56)cc5ccccc5c34)cccc2c1. The lowest BCUT2D eigenvalue weighted by atomic mass is 9.84. The Morgan fingerprint density at radius 3 is 1.02 bits per heavy atom. The Balaban J connectivity index is 1.52. The van der Waals surface area contributed by atoms with Crippen LogP contribution in [0.15, 0.2) is 158 Å². The Morgan fingerprint density at radius 2 is 0.571 bits per heavy atom. The van der Waals surface area contributed by atoms with Crippen molar-refractivity contribution in [2.75, 3.05) is 0 Å². The molecule has 9 aromatic carbocycles. The first-order chi connectivity index (χ1) is 20.8. The second kappa shape index (κ2) is 9.03. The molecule has 0 saturated carbocycles. The van der Waals surface area contributed by atoms with E-state index in [-0.39, 0.29) is 0 Å². The van der Waals surface area contributed by atoms with Gasteiger partial charge < -0.3 is 0 Å². The Labute approximate surface area is 244 Å². The molecule has 0 fully saturated rings. The van der Waals surface area contributed by atoms with Crippen molar-refractivity contribution >= 4 is 64.6 Å². The van der Waals surface area contributed by atoms with Crippen molar-refractivity contribution in [1.82, 2.24) is 0 Å². The van der Waals surface area contributed by atoms with E-state index in [0.29, 0.717) is 0 Å². The van der Waals surface area contributed by atoms with E-state index in [0.717, 1.165) is 0 Å². The van der Waals surface area contributed by atoms with Crippen LogP contribution in [0, 0.1) is 0 Å². The van der Waals surface area contributed by atoms with Crippen molar-refractivity contribution in [3.05, 3.63) is 158 Å². The molecule has 0 aliphatic rings. The zero-order chi connectivity index (χ0) is 27.6. The van der Waals surface area contributed by atoms with Crippen LogP contribution < -0.4 is 0 Å². The molecule has 0 radical (unpaired) electrons. The van der Waals surface area contributed by atoms with Gasteiger partial charge in [0.05, 0.1) is 0 Å². The summed E-state index contributed by atoms with van der Waals surface area (Å²) in [6.07, 6.45) is 0. The van der Waals surface area contributed by atoms with Gasteiger partial charge in [-0.05, 0) is 99.0 Å². The molecule has 9 aromatic rings. The lowest BCUT2D eigenvalue weighted by Gasteiger charge is -2.19. The van der Waals surface area contributed by atoms with Crippen molar-refractivity contribution in [2.45, 2.75) is 0 Å². The number of hydrogen-bond donors (Lipinski definition) is 0. The summed E-state index contributed by atoms with van der Waals surface area (Å²) in [5.41, 5.74) is 5.11. The molecule has 0 heteroatoms. The molecule has 0 N–H and O–H groups in total. The maximum Gasteiger partial charge on any atom is -0.00141 e. The minimum absolute atomic E-state index is 1.26. The minimum atomic E-state index is 1.26. The normalized spacial score (nSPS) is 11.8. The summed E-state index contributed by atoms with van der Waals surface area (Å²) in [6, 6.07) is 58.1. The van der Waals surface area contributed by atoms with Crippen molar-refractivity contribution in [3.63, 3.8) is 0 Å². The number of benzene rings is 9. The number of rotatable bonds is 2. The second-order valence-electron chi connectivity index (χ2n) is 11.3. The van der Waals surface area contributed by atoms with Gasteiger partial charge in [0, 0.05) is 0 Å². The monoisotopic (exact) mass is 530 g/mol. The van der Waals surface area contributed by atoms with Crippen LogP contribution in [-0.2, 0) is 0 Å². The van der Waals surface area contributed by atoms with Gasteiger partial charge in [-0.1, -0.05) is 146 Å². The lowest BCUT2D eigenvalue weighted by Crippen LogP contribution is -1.91. The Kier molecular flexibility index (Phi) is 5.00. The summed E-state index contributed by atoms with van der Waals surface area (Å²) < 4.78 is 0. The molecule has 0 heterocycles. The van der Waals surface area contributed by atoms with E-state index in [9.17, 15) is 0 Å². The first-order valence-corrected chi connectivity index (χ1v) is 14.6. The molecule has 0 bridgehead atoms. The summed E-state index contributed by atoms with van der Waals surface area (Å²) in [4.78, 5) is 0. The molecule has 42 heavy (non-hydrogen) atoms. The molecule has 0 aromatic heterocycles. The van der Waals surface area contributed by atoms with Gasteiger partial charge in [0.1, 0.15) is 0 Å². The average molecular weight is 531 g/mol. The highest BCUT2D eigenvalue weighted by atomic mass is 14.2. The molecule has 194 valence electrons. The fourth-order valence-corrected chi connectivity index (χ4v) is 7.14. The van der Waals surface area contributed by atoms with Crippen LogP contribution in [0.5, 0.6) is 0 Å². The molecular weight excluding hydrogens is 504 g/mol. The van der Waals surface area contributed by atoms with E-state index in [1.807, 2.05) is 0 Å². The van der Waals surface area contributed by atoms with Crippen molar-refractivity contribution in [1.29, 1.82) is 0 Å². The Hall–Kier alpha value is -5.46. The van der Waals surface area contributed by atoms with Crippen LogP contribution in [0.4, 0.5) is 0 Å². The summed E-state index contributed by atoms with van der Waals surface area (Å²) in [5.74, 6) is 0. The third-order valence-electron chi connectivity index (χ3n) is 9.01. The predicted octanol–water partition coefficient (Wildman–Crippen LogP) is 11.9. The van der Waals surface area contributed by atoms with Gasteiger partial charge in [0.2, 0.25) is 0 Å². The van der Waals surface area contributed by atoms with E-state index in [2.05, 4.69) is 158 Å².